The molecule has 7 heteroatoms. The summed E-state index contributed by atoms with van der Waals surface area (Å²) < 4.78 is 0. The van der Waals surface area contributed by atoms with Gasteiger partial charge in [0.05, 0.1) is 12.6 Å². The Morgan fingerprint density at radius 2 is 2.30 bits per heavy atom. The number of aliphatic hydroxyl groups is 1. The van der Waals surface area contributed by atoms with E-state index in [1.807, 2.05) is 18.4 Å². The average Bonchev–Trinajstić information content (AvgIpc) is 3.01. The van der Waals surface area contributed by atoms with Gasteiger partial charge in [0.15, 0.2) is 0 Å². The van der Waals surface area contributed by atoms with Crippen LogP contribution >= 0.6 is 11.3 Å². The zero-order valence-corrected chi connectivity index (χ0v) is 12.0. The maximum atomic E-state index is 12.0. The summed E-state index contributed by atoms with van der Waals surface area (Å²) >= 11 is 1.57. The van der Waals surface area contributed by atoms with Crippen molar-refractivity contribution < 1.29 is 19.8 Å². The van der Waals surface area contributed by atoms with Crippen LogP contribution in [-0.2, 0) is 17.8 Å². The molecule has 1 aliphatic rings. The third kappa shape index (κ3) is 3.10. The Hall–Kier alpha value is -1.60. The van der Waals surface area contributed by atoms with Crippen LogP contribution in [0.15, 0.2) is 11.4 Å². The zero-order chi connectivity index (χ0) is 14.7. The maximum Gasteiger partial charge on any atom is 0.326 e. The second-order valence-corrected chi connectivity index (χ2v) is 5.78. The highest BCUT2D eigenvalue weighted by Gasteiger charge is 2.38. The van der Waals surface area contributed by atoms with Crippen molar-refractivity contribution in [2.75, 3.05) is 6.54 Å². The number of aryl methyl sites for hydroxylation is 1. The lowest BCUT2D eigenvalue weighted by Gasteiger charge is -2.21. The standard InChI is InChI=1S/C13H18N2O4S/c1-2-8-3-4-20-11(8)6-14-13(19)15-7-9(16)5-10(15)12(17)18/h3-4,9-10,16H,2,5-7H2,1H3,(H,14,19)(H,17,18)/t9-,10+/m1/s1. The minimum atomic E-state index is -1.08. The first-order valence-corrected chi connectivity index (χ1v) is 7.41. The molecule has 1 aromatic heterocycles. The predicted octanol–water partition coefficient (Wildman–Crippen LogP) is 1.04. The molecule has 2 heterocycles. The van der Waals surface area contributed by atoms with Crippen molar-refractivity contribution in [1.82, 2.24) is 10.2 Å². The molecule has 0 aromatic carbocycles. The summed E-state index contributed by atoms with van der Waals surface area (Å²) in [5, 5.41) is 23.3. The number of carboxylic acids is 1. The van der Waals surface area contributed by atoms with E-state index in [9.17, 15) is 14.7 Å². The molecule has 0 unspecified atom stereocenters. The number of nitrogens with zero attached hydrogens (tertiary/aromatic N) is 1. The fourth-order valence-corrected chi connectivity index (χ4v) is 3.28. The fourth-order valence-electron chi connectivity index (χ4n) is 2.37. The number of nitrogens with one attached hydrogen (secondary N) is 1. The molecule has 6 nitrogen and oxygen atoms in total. The molecule has 1 aromatic rings. The number of hydrogen-bond acceptors (Lipinski definition) is 4. The molecule has 1 aliphatic heterocycles. The molecule has 3 N–H and O–H groups in total. The Morgan fingerprint density at radius 3 is 2.95 bits per heavy atom. The Kier molecular flexibility index (Phi) is 4.61. The number of aliphatic hydroxyl groups excluding tert-OH is 1. The van der Waals surface area contributed by atoms with Crippen LogP contribution < -0.4 is 5.32 Å². The molecule has 20 heavy (non-hydrogen) atoms. The SMILES string of the molecule is CCc1ccsc1CNC(=O)N1C[C@H](O)C[C@H]1C(=O)O. The van der Waals surface area contributed by atoms with Crippen molar-refractivity contribution in [3.8, 4) is 0 Å². The van der Waals surface area contributed by atoms with Crippen LogP contribution in [-0.4, -0.2) is 45.8 Å². The highest BCUT2D eigenvalue weighted by atomic mass is 32.1. The number of likely N-dealkylation sites (tertiary alicyclic amines) is 1. The molecule has 0 bridgehead atoms. The van der Waals surface area contributed by atoms with Crippen LogP contribution in [0, 0.1) is 0 Å². The van der Waals surface area contributed by atoms with Crippen molar-refractivity contribution in [2.24, 2.45) is 0 Å². The van der Waals surface area contributed by atoms with E-state index in [2.05, 4.69) is 5.32 Å². The smallest absolute Gasteiger partial charge is 0.326 e. The number of amides is 2. The molecular weight excluding hydrogens is 280 g/mol. The second-order valence-electron chi connectivity index (χ2n) is 4.78. The molecule has 0 radical (unpaired) electrons. The Morgan fingerprint density at radius 1 is 1.55 bits per heavy atom. The first-order valence-electron chi connectivity index (χ1n) is 6.53. The monoisotopic (exact) mass is 298 g/mol. The molecule has 1 saturated heterocycles. The summed E-state index contributed by atoms with van der Waals surface area (Å²) in [5.41, 5.74) is 1.19. The van der Waals surface area contributed by atoms with Crippen LogP contribution in [0.5, 0.6) is 0 Å². The van der Waals surface area contributed by atoms with E-state index in [4.69, 9.17) is 5.11 Å². The highest BCUT2D eigenvalue weighted by Crippen LogP contribution is 2.20. The number of thiophene rings is 1. The van der Waals surface area contributed by atoms with E-state index in [1.165, 1.54) is 10.5 Å². The second kappa shape index (κ2) is 6.23. The van der Waals surface area contributed by atoms with E-state index >= 15 is 0 Å². The van der Waals surface area contributed by atoms with Crippen LogP contribution in [0.25, 0.3) is 0 Å². The summed E-state index contributed by atoms with van der Waals surface area (Å²) in [7, 11) is 0. The van der Waals surface area contributed by atoms with Crippen molar-refractivity contribution >= 4 is 23.3 Å². The number of β-amino-alcohol motifs (C(OH)–C–C–N with tert-alkyl or cyclic N) is 1. The highest BCUT2D eigenvalue weighted by molar-refractivity contribution is 7.10. The maximum absolute atomic E-state index is 12.0. The number of carbonyl (C=O) groups excluding carboxylic acids is 1. The molecule has 0 spiro atoms. The van der Waals surface area contributed by atoms with E-state index in [1.54, 1.807) is 11.3 Å². The number of carbonyl (C=O) groups is 2. The first-order chi connectivity index (χ1) is 9.52. The lowest BCUT2D eigenvalue weighted by molar-refractivity contribution is -0.141. The molecule has 0 saturated carbocycles. The van der Waals surface area contributed by atoms with Gasteiger partial charge in [-0.15, -0.1) is 11.3 Å². The quantitative estimate of drug-likeness (QED) is 0.775. The van der Waals surface area contributed by atoms with E-state index in [0.29, 0.717) is 6.54 Å². The summed E-state index contributed by atoms with van der Waals surface area (Å²) in [6.45, 7) is 2.50. The van der Waals surface area contributed by atoms with E-state index < -0.39 is 24.1 Å². The topological polar surface area (TPSA) is 89.9 Å². The summed E-state index contributed by atoms with van der Waals surface area (Å²) in [6.07, 6.45) is 0.214. The van der Waals surface area contributed by atoms with Crippen LogP contribution in [0.1, 0.15) is 23.8 Å². The van der Waals surface area contributed by atoms with Crippen molar-refractivity contribution in [1.29, 1.82) is 0 Å². The van der Waals surface area contributed by atoms with Gasteiger partial charge >= 0.3 is 12.0 Å². The lowest BCUT2D eigenvalue weighted by Crippen LogP contribution is -2.45. The Labute approximate surface area is 121 Å². The summed E-state index contributed by atoms with van der Waals surface area (Å²) in [6, 6.07) is 0.634. The van der Waals surface area contributed by atoms with Gasteiger partial charge in [-0.05, 0) is 23.4 Å². The zero-order valence-electron chi connectivity index (χ0n) is 11.2. The van der Waals surface area contributed by atoms with Gasteiger partial charge < -0.3 is 20.4 Å². The van der Waals surface area contributed by atoms with Gasteiger partial charge in [-0.3, -0.25) is 0 Å². The van der Waals surface area contributed by atoms with Gasteiger partial charge in [-0.25, -0.2) is 9.59 Å². The summed E-state index contributed by atoms with van der Waals surface area (Å²) in [4.78, 5) is 25.4. The number of rotatable bonds is 4. The van der Waals surface area contributed by atoms with Crippen LogP contribution in [0.2, 0.25) is 0 Å². The Balaban J connectivity index is 1.96. The molecule has 2 rings (SSSR count). The minimum Gasteiger partial charge on any atom is -0.480 e. The van der Waals surface area contributed by atoms with Gasteiger partial charge in [-0.1, -0.05) is 6.92 Å². The summed E-state index contributed by atoms with van der Waals surface area (Å²) in [5.74, 6) is -1.08. The average molecular weight is 298 g/mol. The predicted molar refractivity (Wildman–Crippen MR) is 74.7 cm³/mol. The van der Waals surface area contributed by atoms with Gasteiger partial charge in [0.2, 0.25) is 0 Å². The van der Waals surface area contributed by atoms with Gasteiger partial charge in [0, 0.05) is 17.8 Å². The van der Waals surface area contributed by atoms with Gasteiger partial charge in [-0.2, -0.15) is 0 Å². The Bertz CT molecular complexity index is 502. The molecular formula is C13H18N2O4S. The number of urea groups is 1. The minimum absolute atomic E-state index is 0.0634. The molecule has 0 aliphatic carbocycles. The number of hydrogen-bond donors (Lipinski definition) is 3. The number of carboxylic acid groups (broad SMARTS) is 1. The van der Waals surface area contributed by atoms with Crippen molar-refractivity contribution in [3.63, 3.8) is 0 Å². The molecule has 2 amide bonds. The number of aliphatic carboxylic acids is 1. The van der Waals surface area contributed by atoms with E-state index in [-0.39, 0.29) is 13.0 Å². The largest absolute Gasteiger partial charge is 0.480 e. The normalized spacial score (nSPS) is 22.0. The third-order valence-electron chi connectivity index (χ3n) is 3.44. The lowest BCUT2D eigenvalue weighted by atomic mass is 10.2. The van der Waals surface area contributed by atoms with Crippen LogP contribution in [0.4, 0.5) is 4.79 Å². The van der Waals surface area contributed by atoms with Crippen molar-refractivity contribution in [2.45, 2.75) is 38.5 Å². The van der Waals surface area contributed by atoms with Crippen molar-refractivity contribution in [3.05, 3.63) is 21.9 Å². The van der Waals surface area contributed by atoms with Crippen LogP contribution in [0.3, 0.4) is 0 Å². The molecule has 2 atom stereocenters. The third-order valence-corrected chi connectivity index (χ3v) is 4.41. The van der Waals surface area contributed by atoms with Gasteiger partial charge in [0.1, 0.15) is 6.04 Å². The van der Waals surface area contributed by atoms with E-state index in [0.717, 1.165) is 11.3 Å². The fraction of sp³-hybridized carbons (Fsp3) is 0.538. The van der Waals surface area contributed by atoms with Gasteiger partial charge in [0.25, 0.3) is 0 Å². The first kappa shape index (κ1) is 14.8. The molecule has 110 valence electrons. The molecule has 1 fully saturated rings.